The summed E-state index contributed by atoms with van der Waals surface area (Å²) in [7, 11) is -2.59. The van der Waals surface area contributed by atoms with Gasteiger partial charge in [-0.2, -0.15) is 0 Å². The molecule has 3 aromatic carbocycles. The normalized spacial score (nSPS) is 11.5. The van der Waals surface area contributed by atoms with Crippen molar-refractivity contribution in [3.05, 3.63) is 66.5 Å². The van der Waals surface area contributed by atoms with Crippen LogP contribution in [0, 0.1) is 5.82 Å². The molecule has 1 N–H and O–H groups in total. The van der Waals surface area contributed by atoms with Gasteiger partial charge in [-0.15, -0.1) is 0 Å². The van der Waals surface area contributed by atoms with Gasteiger partial charge in [0.2, 0.25) is 10.0 Å². The van der Waals surface area contributed by atoms with Crippen LogP contribution < -0.4 is 14.2 Å². The lowest BCUT2D eigenvalue weighted by Crippen LogP contribution is -2.28. The zero-order valence-electron chi connectivity index (χ0n) is 14.1. The lowest BCUT2D eigenvalue weighted by Gasteiger charge is -2.12. The van der Waals surface area contributed by atoms with Crippen LogP contribution in [-0.4, -0.2) is 28.7 Å². The maximum atomic E-state index is 13.4. The summed E-state index contributed by atoms with van der Waals surface area (Å²) < 4.78 is 51.2. The molecule has 0 fully saturated rings. The average Bonchev–Trinajstić information content (AvgIpc) is 2.65. The summed E-state index contributed by atoms with van der Waals surface area (Å²) >= 11 is 0. The fourth-order valence-corrected chi connectivity index (χ4v) is 3.79. The Morgan fingerprint density at radius 2 is 1.77 bits per heavy atom. The van der Waals surface area contributed by atoms with E-state index >= 15 is 0 Å². The van der Waals surface area contributed by atoms with E-state index in [0.29, 0.717) is 5.75 Å². The average molecular weight is 375 g/mol. The molecule has 26 heavy (non-hydrogen) atoms. The van der Waals surface area contributed by atoms with Gasteiger partial charge in [-0.25, -0.2) is 17.5 Å². The van der Waals surface area contributed by atoms with E-state index in [1.54, 1.807) is 0 Å². The largest absolute Gasteiger partial charge is 0.495 e. The van der Waals surface area contributed by atoms with E-state index in [-0.39, 0.29) is 23.8 Å². The van der Waals surface area contributed by atoms with Crippen LogP contribution in [0.4, 0.5) is 4.39 Å². The van der Waals surface area contributed by atoms with Gasteiger partial charge in [-0.1, -0.05) is 36.4 Å². The molecule has 5 nitrogen and oxygen atoms in total. The topological polar surface area (TPSA) is 64.6 Å². The highest BCUT2D eigenvalue weighted by molar-refractivity contribution is 7.89. The number of halogens is 1. The first-order valence-corrected chi connectivity index (χ1v) is 9.43. The van der Waals surface area contributed by atoms with Gasteiger partial charge < -0.3 is 9.47 Å². The Kier molecular flexibility index (Phi) is 5.39. The van der Waals surface area contributed by atoms with Crippen molar-refractivity contribution in [3.8, 4) is 11.5 Å². The summed E-state index contributed by atoms with van der Waals surface area (Å²) in [6.07, 6.45) is 0. The van der Waals surface area contributed by atoms with Gasteiger partial charge in [0.1, 0.15) is 28.8 Å². The highest BCUT2D eigenvalue weighted by Crippen LogP contribution is 2.26. The van der Waals surface area contributed by atoms with Crippen molar-refractivity contribution < 1.29 is 22.3 Å². The second-order valence-corrected chi connectivity index (χ2v) is 7.25. The third kappa shape index (κ3) is 3.95. The molecule has 7 heteroatoms. The first-order chi connectivity index (χ1) is 12.5. The predicted octanol–water partition coefficient (Wildman–Crippen LogP) is 3.34. The molecule has 0 heterocycles. The van der Waals surface area contributed by atoms with Gasteiger partial charge >= 0.3 is 0 Å². The van der Waals surface area contributed by atoms with Crippen LogP contribution in [-0.2, 0) is 10.0 Å². The van der Waals surface area contributed by atoms with E-state index in [4.69, 9.17) is 9.47 Å². The summed E-state index contributed by atoms with van der Waals surface area (Å²) in [6.45, 7) is 0.163. The van der Waals surface area contributed by atoms with Crippen molar-refractivity contribution in [2.75, 3.05) is 20.3 Å². The van der Waals surface area contributed by atoms with Gasteiger partial charge in [0.05, 0.1) is 7.11 Å². The van der Waals surface area contributed by atoms with Crippen LogP contribution in [0.1, 0.15) is 0 Å². The number of rotatable bonds is 7. The highest BCUT2D eigenvalue weighted by Gasteiger charge is 2.20. The fraction of sp³-hybridized carbons (Fsp3) is 0.158. The number of hydrogen-bond donors (Lipinski definition) is 1. The third-order valence-electron chi connectivity index (χ3n) is 3.82. The van der Waals surface area contributed by atoms with Crippen LogP contribution in [0.3, 0.4) is 0 Å². The fourth-order valence-electron chi connectivity index (χ4n) is 2.60. The molecule has 0 saturated carbocycles. The minimum Gasteiger partial charge on any atom is -0.495 e. The number of sulfonamides is 1. The zero-order chi connectivity index (χ0) is 18.6. The number of benzene rings is 3. The van der Waals surface area contributed by atoms with Crippen LogP contribution in [0.5, 0.6) is 11.5 Å². The van der Waals surface area contributed by atoms with Crippen molar-refractivity contribution >= 4 is 20.8 Å². The summed E-state index contributed by atoms with van der Waals surface area (Å²) in [6, 6.07) is 16.8. The maximum Gasteiger partial charge on any atom is 0.244 e. The molecule has 0 atom stereocenters. The smallest absolute Gasteiger partial charge is 0.244 e. The van der Waals surface area contributed by atoms with E-state index < -0.39 is 15.8 Å². The quantitative estimate of drug-likeness (QED) is 0.643. The van der Waals surface area contributed by atoms with Crippen LogP contribution in [0.25, 0.3) is 10.8 Å². The molecule has 0 saturated heterocycles. The van der Waals surface area contributed by atoms with Gasteiger partial charge in [0, 0.05) is 11.9 Å². The molecule has 0 aromatic heterocycles. The summed E-state index contributed by atoms with van der Waals surface area (Å²) in [5, 5.41) is 1.99. The first kappa shape index (κ1) is 18.2. The van der Waals surface area contributed by atoms with Gasteiger partial charge in [0.25, 0.3) is 0 Å². The summed E-state index contributed by atoms with van der Waals surface area (Å²) in [5.74, 6) is 0.0951. The first-order valence-electron chi connectivity index (χ1n) is 7.95. The Morgan fingerprint density at radius 3 is 2.58 bits per heavy atom. The molecule has 136 valence electrons. The highest BCUT2D eigenvalue weighted by atomic mass is 32.2. The van der Waals surface area contributed by atoms with E-state index in [1.807, 2.05) is 42.5 Å². The number of ether oxygens (including phenoxy) is 2. The Bertz CT molecular complexity index is 1020. The SMILES string of the molecule is COc1ccc(F)cc1S(=O)(=O)NCCOc1cccc2ccccc12. The number of nitrogens with one attached hydrogen (secondary N) is 1. The summed E-state index contributed by atoms with van der Waals surface area (Å²) in [5.41, 5.74) is 0. The van der Waals surface area contributed by atoms with Gasteiger partial charge in [0.15, 0.2) is 0 Å². The maximum absolute atomic E-state index is 13.4. The summed E-state index contributed by atoms with van der Waals surface area (Å²) in [4.78, 5) is -0.245. The Balaban J connectivity index is 1.67. The van der Waals surface area contributed by atoms with Crippen LogP contribution in [0.2, 0.25) is 0 Å². The predicted molar refractivity (Wildman–Crippen MR) is 97.6 cm³/mol. The Hall–Kier alpha value is -2.64. The van der Waals surface area contributed by atoms with Crippen molar-refractivity contribution in [1.29, 1.82) is 0 Å². The second kappa shape index (κ2) is 7.72. The number of fused-ring (bicyclic) bond motifs is 1. The van der Waals surface area contributed by atoms with Crippen molar-refractivity contribution in [2.45, 2.75) is 4.90 Å². The Labute approximate surface area is 151 Å². The van der Waals surface area contributed by atoms with Crippen molar-refractivity contribution in [3.63, 3.8) is 0 Å². The third-order valence-corrected chi connectivity index (χ3v) is 5.30. The molecule has 0 bridgehead atoms. The minimum atomic E-state index is -3.92. The molecule has 0 unspecified atom stereocenters. The number of hydrogen-bond acceptors (Lipinski definition) is 4. The molecule has 0 radical (unpaired) electrons. The lowest BCUT2D eigenvalue weighted by molar-refractivity contribution is 0.326. The van der Waals surface area contributed by atoms with E-state index in [2.05, 4.69) is 4.72 Å². The lowest BCUT2D eigenvalue weighted by atomic mass is 10.1. The van der Waals surface area contributed by atoms with Gasteiger partial charge in [-0.05, 0) is 29.7 Å². The van der Waals surface area contributed by atoms with Crippen LogP contribution in [0.15, 0.2) is 65.6 Å². The van der Waals surface area contributed by atoms with E-state index in [0.717, 1.165) is 22.9 Å². The Morgan fingerprint density at radius 1 is 1.00 bits per heavy atom. The van der Waals surface area contributed by atoms with Crippen LogP contribution >= 0.6 is 0 Å². The van der Waals surface area contributed by atoms with E-state index in [9.17, 15) is 12.8 Å². The van der Waals surface area contributed by atoms with Crippen molar-refractivity contribution in [1.82, 2.24) is 4.72 Å². The zero-order valence-corrected chi connectivity index (χ0v) is 14.9. The van der Waals surface area contributed by atoms with Gasteiger partial charge in [-0.3, -0.25) is 0 Å². The molecular formula is C19H18FNO4S. The molecule has 0 spiro atoms. The standard InChI is InChI=1S/C19H18FNO4S/c1-24-18-10-9-15(20)13-19(18)26(22,23)21-11-12-25-17-8-4-6-14-5-2-3-7-16(14)17/h2-10,13,21H,11-12H2,1H3. The molecule has 0 amide bonds. The molecular weight excluding hydrogens is 357 g/mol. The second-order valence-electron chi connectivity index (χ2n) is 5.52. The molecule has 3 aromatic rings. The molecule has 0 aliphatic rings. The van der Waals surface area contributed by atoms with E-state index in [1.165, 1.54) is 13.2 Å². The molecule has 0 aliphatic carbocycles. The molecule has 3 rings (SSSR count). The van der Waals surface area contributed by atoms with Crippen molar-refractivity contribution in [2.24, 2.45) is 0 Å². The minimum absolute atomic E-state index is 0.0330. The monoisotopic (exact) mass is 375 g/mol. The number of methoxy groups -OCH3 is 1. The molecule has 0 aliphatic heterocycles.